The van der Waals surface area contributed by atoms with Gasteiger partial charge in [-0.05, 0) is 76.8 Å². The molecule has 0 saturated carbocycles. The summed E-state index contributed by atoms with van der Waals surface area (Å²) in [6, 6.07) is 9.82. The molecule has 12 nitrogen and oxygen atoms in total. The molecule has 1 aromatic carbocycles. The van der Waals surface area contributed by atoms with E-state index in [-0.39, 0.29) is 17.8 Å². The number of amides is 4. The van der Waals surface area contributed by atoms with E-state index in [1.807, 2.05) is 11.1 Å². The molecule has 12 heteroatoms. The Morgan fingerprint density at radius 2 is 1.67 bits per heavy atom. The second-order valence-corrected chi connectivity index (χ2v) is 11.5. The first-order chi connectivity index (χ1) is 20.2. The van der Waals surface area contributed by atoms with Gasteiger partial charge in [0, 0.05) is 32.4 Å². The molecule has 0 radical (unpaired) electrons. The lowest BCUT2D eigenvalue weighted by atomic mass is 10.0. The predicted octanol–water partition coefficient (Wildman–Crippen LogP) is 4.14. The summed E-state index contributed by atoms with van der Waals surface area (Å²) in [6.07, 6.45) is 4.76. The SMILES string of the molecule is CC(C)(C)OC(=O)Nc1ccccc1NC(=O)c1ccc(C(CCCN2CCOCC2)NC(=O)NN2CCCC2)cn1. The van der Waals surface area contributed by atoms with E-state index in [1.165, 1.54) is 0 Å². The average molecular weight is 582 g/mol. The fraction of sp³-hybridized carbons (Fsp3) is 0.533. The maximum absolute atomic E-state index is 13.1. The van der Waals surface area contributed by atoms with Crippen molar-refractivity contribution in [3.63, 3.8) is 0 Å². The van der Waals surface area contributed by atoms with Gasteiger partial charge in [-0.3, -0.25) is 25.4 Å². The van der Waals surface area contributed by atoms with Crippen molar-refractivity contribution in [1.82, 2.24) is 25.6 Å². The van der Waals surface area contributed by atoms with Crippen molar-refractivity contribution in [2.75, 3.05) is 56.6 Å². The fourth-order valence-electron chi connectivity index (χ4n) is 4.88. The van der Waals surface area contributed by atoms with Gasteiger partial charge < -0.3 is 20.1 Å². The van der Waals surface area contributed by atoms with Crippen LogP contribution >= 0.6 is 0 Å². The molecule has 1 unspecified atom stereocenters. The van der Waals surface area contributed by atoms with E-state index in [9.17, 15) is 14.4 Å². The molecule has 1 atom stereocenters. The number of benzene rings is 1. The van der Waals surface area contributed by atoms with Gasteiger partial charge in [0.1, 0.15) is 11.3 Å². The first-order valence-corrected chi connectivity index (χ1v) is 14.6. The van der Waals surface area contributed by atoms with E-state index in [0.29, 0.717) is 11.4 Å². The summed E-state index contributed by atoms with van der Waals surface area (Å²) in [5, 5.41) is 10.5. The van der Waals surface area contributed by atoms with Gasteiger partial charge in [0.05, 0.1) is 30.6 Å². The van der Waals surface area contributed by atoms with E-state index in [4.69, 9.17) is 9.47 Å². The molecular weight excluding hydrogens is 538 g/mol. The van der Waals surface area contributed by atoms with Crippen LogP contribution in [0, 0.1) is 0 Å². The van der Waals surface area contributed by atoms with Crippen LogP contribution in [-0.4, -0.2) is 84.5 Å². The average Bonchev–Trinajstić information content (AvgIpc) is 3.46. The molecule has 2 aliphatic rings. The third kappa shape index (κ3) is 9.97. The van der Waals surface area contributed by atoms with Crippen LogP contribution in [0.3, 0.4) is 0 Å². The minimum Gasteiger partial charge on any atom is -0.444 e. The van der Waals surface area contributed by atoms with E-state index in [1.54, 1.807) is 57.3 Å². The number of anilines is 2. The second kappa shape index (κ2) is 14.9. The van der Waals surface area contributed by atoms with Crippen LogP contribution in [-0.2, 0) is 9.47 Å². The van der Waals surface area contributed by atoms with Crippen LogP contribution < -0.4 is 21.4 Å². The number of morpholine rings is 1. The summed E-state index contributed by atoms with van der Waals surface area (Å²) in [7, 11) is 0. The second-order valence-electron chi connectivity index (χ2n) is 11.5. The van der Waals surface area contributed by atoms with Crippen LogP contribution in [0.25, 0.3) is 0 Å². The highest BCUT2D eigenvalue weighted by molar-refractivity contribution is 6.05. The minimum absolute atomic E-state index is 0.208. The molecule has 4 amide bonds. The van der Waals surface area contributed by atoms with Crippen LogP contribution in [0.15, 0.2) is 42.6 Å². The normalized spacial score (nSPS) is 16.8. The number of ether oxygens (including phenoxy) is 2. The number of rotatable bonds is 10. The number of nitrogens with zero attached hydrogens (tertiary/aromatic N) is 3. The summed E-state index contributed by atoms with van der Waals surface area (Å²) in [5.41, 5.74) is 4.13. The van der Waals surface area contributed by atoms with Gasteiger partial charge in [-0.2, -0.15) is 0 Å². The number of para-hydroxylation sites is 2. The van der Waals surface area contributed by atoms with Crippen LogP contribution in [0.4, 0.5) is 21.0 Å². The molecule has 0 bridgehead atoms. The molecule has 0 spiro atoms. The van der Waals surface area contributed by atoms with Crippen LogP contribution in [0.2, 0.25) is 0 Å². The molecule has 1 aromatic heterocycles. The van der Waals surface area contributed by atoms with E-state index in [0.717, 1.165) is 77.2 Å². The number of carbonyl (C=O) groups excluding carboxylic acids is 3. The zero-order chi connectivity index (χ0) is 30.0. The molecule has 3 heterocycles. The standard InChI is InChI=1S/C30H43N7O5/c1-30(2,3)42-29(40)34-25-10-5-4-9-24(25)32-27(38)26-13-12-22(21-31-26)23(11-8-14-36-17-19-41-20-18-36)33-28(39)35-37-15-6-7-16-37/h4-5,9-10,12-13,21,23H,6-8,11,14-20H2,1-3H3,(H,32,38)(H,34,40)(H2,33,35,39). The lowest BCUT2D eigenvalue weighted by molar-refractivity contribution is 0.0369. The quantitative estimate of drug-likeness (QED) is 0.329. The van der Waals surface area contributed by atoms with Gasteiger partial charge in [0.25, 0.3) is 5.91 Å². The first kappa shape index (κ1) is 31.2. The van der Waals surface area contributed by atoms with Crippen molar-refractivity contribution < 1.29 is 23.9 Å². The number of carbonyl (C=O) groups is 3. The first-order valence-electron chi connectivity index (χ1n) is 14.6. The molecule has 0 aliphatic carbocycles. The Labute approximate surface area is 247 Å². The number of nitrogens with one attached hydrogen (secondary N) is 4. The highest BCUT2D eigenvalue weighted by atomic mass is 16.6. The fourth-order valence-corrected chi connectivity index (χ4v) is 4.88. The van der Waals surface area contributed by atoms with Crippen molar-refractivity contribution in [1.29, 1.82) is 0 Å². The number of hydrazine groups is 1. The van der Waals surface area contributed by atoms with Gasteiger partial charge in [-0.1, -0.05) is 18.2 Å². The van der Waals surface area contributed by atoms with Crippen molar-refractivity contribution in [2.45, 2.75) is 58.1 Å². The van der Waals surface area contributed by atoms with Crippen LogP contribution in [0.5, 0.6) is 0 Å². The third-order valence-corrected chi connectivity index (χ3v) is 6.97. The monoisotopic (exact) mass is 581 g/mol. The molecule has 4 N–H and O–H groups in total. The lowest BCUT2D eigenvalue weighted by Gasteiger charge is -2.27. The third-order valence-electron chi connectivity index (χ3n) is 6.97. The van der Waals surface area contributed by atoms with E-state index >= 15 is 0 Å². The zero-order valence-electron chi connectivity index (χ0n) is 24.8. The van der Waals surface area contributed by atoms with Crippen molar-refractivity contribution in [2.24, 2.45) is 0 Å². The molecule has 2 aliphatic heterocycles. The number of pyridine rings is 1. The topological polar surface area (TPSA) is 137 Å². The van der Waals surface area contributed by atoms with Gasteiger partial charge in [0.2, 0.25) is 0 Å². The Morgan fingerprint density at radius 1 is 0.976 bits per heavy atom. The summed E-state index contributed by atoms with van der Waals surface area (Å²) in [4.78, 5) is 44.9. The Kier molecular flexibility index (Phi) is 11.1. The zero-order valence-corrected chi connectivity index (χ0v) is 24.8. The Morgan fingerprint density at radius 3 is 2.31 bits per heavy atom. The van der Waals surface area contributed by atoms with Crippen molar-refractivity contribution >= 4 is 29.4 Å². The summed E-state index contributed by atoms with van der Waals surface area (Å²) in [5.74, 6) is -0.427. The predicted molar refractivity (Wildman–Crippen MR) is 160 cm³/mol. The summed E-state index contributed by atoms with van der Waals surface area (Å²) >= 11 is 0. The molecule has 2 fully saturated rings. The van der Waals surface area contributed by atoms with Gasteiger partial charge in [-0.15, -0.1) is 0 Å². The van der Waals surface area contributed by atoms with Gasteiger partial charge in [0.15, 0.2) is 0 Å². The number of hydrogen-bond donors (Lipinski definition) is 4. The summed E-state index contributed by atoms with van der Waals surface area (Å²) < 4.78 is 10.8. The number of urea groups is 1. The van der Waals surface area contributed by atoms with E-state index < -0.39 is 17.6 Å². The number of aromatic nitrogens is 1. The molecule has 2 aromatic rings. The molecular formula is C30H43N7O5. The van der Waals surface area contributed by atoms with Crippen molar-refractivity contribution in [3.05, 3.63) is 53.9 Å². The van der Waals surface area contributed by atoms with Crippen LogP contribution in [0.1, 0.15) is 68.5 Å². The maximum Gasteiger partial charge on any atom is 0.412 e. The Bertz CT molecular complexity index is 1190. The maximum atomic E-state index is 13.1. The number of hydrogen-bond acceptors (Lipinski definition) is 8. The highest BCUT2D eigenvalue weighted by Crippen LogP contribution is 2.24. The van der Waals surface area contributed by atoms with Crippen molar-refractivity contribution in [3.8, 4) is 0 Å². The van der Waals surface area contributed by atoms with E-state index in [2.05, 4.69) is 31.3 Å². The van der Waals surface area contributed by atoms with Gasteiger partial charge >= 0.3 is 12.1 Å². The molecule has 2 saturated heterocycles. The smallest absolute Gasteiger partial charge is 0.412 e. The molecule has 228 valence electrons. The Hall–Kier alpha value is -3.74. The largest absolute Gasteiger partial charge is 0.444 e. The Balaban J connectivity index is 1.39. The summed E-state index contributed by atoms with van der Waals surface area (Å²) in [6.45, 7) is 11.3. The van der Waals surface area contributed by atoms with Gasteiger partial charge in [-0.25, -0.2) is 14.6 Å². The lowest BCUT2D eigenvalue weighted by Crippen LogP contribution is -2.47. The highest BCUT2D eigenvalue weighted by Gasteiger charge is 2.21. The molecule has 42 heavy (non-hydrogen) atoms. The minimum atomic E-state index is -0.655. The molecule has 4 rings (SSSR count).